The van der Waals surface area contributed by atoms with Gasteiger partial charge in [0.15, 0.2) is 0 Å². The fourth-order valence-electron chi connectivity index (χ4n) is 3.45. The van der Waals surface area contributed by atoms with E-state index in [2.05, 4.69) is 24.2 Å². The Hall–Kier alpha value is -0.120. The van der Waals surface area contributed by atoms with E-state index in [0.29, 0.717) is 0 Å². The Balaban J connectivity index is 1.87. The molecular formula is C13H26N2O. The monoisotopic (exact) mass is 226 g/mol. The van der Waals surface area contributed by atoms with Crippen molar-refractivity contribution in [3.8, 4) is 0 Å². The van der Waals surface area contributed by atoms with Crippen LogP contribution in [0.1, 0.15) is 26.2 Å². The zero-order valence-corrected chi connectivity index (χ0v) is 11.0. The quantitative estimate of drug-likeness (QED) is 0.786. The van der Waals surface area contributed by atoms with Crippen molar-refractivity contribution in [2.45, 2.75) is 31.7 Å². The van der Waals surface area contributed by atoms with Gasteiger partial charge in [0.25, 0.3) is 0 Å². The predicted octanol–water partition coefficient (Wildman–Crippen LogP) is 1.34. The minimum atomic E-state index is 0.218. The van der Waals surface area contributed by atoms with Gasteiger partial charge < -0.3 is 15.0 Å². The smallest absolute Gasteiger partial charge is 0.0641 e. The fraction of sp³-hybridized carbons (Fsp3) is 1.00. The molecule has 1 N–H and O–H groups in total. The number of hydrogen-bond acceptors (Lipinski definition) is 3. The molecule has 2 heterocycles. The highest BCUT2D eigenvalue weighted by Crippen LogP contribution is 2.33. The van der Waals surface area contributed by atoms with Gasteiger partial charge in [-0.15, -0.1) is 0 Å². The highest BCUT2D eigenvalue weighted by molar-refractivity contribution is 4.96. The normalized spacial score (nSPS) is 41.4. The van der Waals surface area contributed by atoms with Crippen molar-refractivity contribution < 1.29 is 4.74 Å². The van der Waals surface area contributed by atoms with E-state index in [1.54, 1.807) is 7.11 Å². The van der Waals surface area contributed by atoms with E-state index in [-0.39, 0.29) is 5.54 Å². The number of rotatable bonds is 3. The van der Waals surface area contributed by atoms with Gasteiger partial charge in [-0.1, -0.05) is 0 Å². The van der Waals surface area contributed by atoms with Crippen molar-refractivity contribution in [3.05, 3.63) is 0 Å². The highest BCUT2D eigenvalue weighted by atomic mass is 16.5. The van der Waals surface area contributed by atoms with Gasteiger partial charge >= 0.3 is 0 Å². The van der Waals surface area contributed by atoms with E-state index in [0.717, 1.165) is 18.4 Å². The first-order chi connectivity index (χ1) is 7.63. The fourth-order valence-corrected chi connectivity index (χ4v) is 3.45. The molecule has 0 aromatic rings. The number of likely N-dealkylation sites (tertiary alicyclic amines) is 1. The second kappa shape index (κ2) is 5.03. The van der Waals surface area contributed by atoms with Crippen molar-refractivity contribution in [1.82, 2.24) is 10.2 Å². The molecule has 0 spiro atoms. The van der Waals surface area contributed by atoms with Crippen LogP contribution >= 0.6 is 0 Å². The van der Waals surface area contributed by atoms with Gasteiger partial charge in [0.2, 0.25) is 0 Å². The Bertz CT molecular complexity index is 234. The van der Waals surface area contributed by atoms with Gasteiger partial charge in [0, 0.05) is 19.2 Å². The van der Waals surface area contributed by atoms with Crippen LogP contribution in [0.4, 0.5) is 0 Å². The summed E-state index contributed by atoms with van der Waals surface area (Å²) in [7, 11) is 4.05. The molecule has 16 heavy (non-hydrogen) atoms. The molecule has 0 bridgehead atoms. The van der Waals surface area contributed by atoms with Crippen LogP contribution in [0.25, 0.3) is 0 Å². The molecule has 0 aromatic carbocycles. The van der Waals surface area contributed by atoms with E-state index in [9.17, 15) is 0 Å². The SMILES string of the molecule is COCC1(C)CC(C2CCCN(C)C2)CN1. The number of ether oxygens (including phenoxy) is 1. The maximum absolute atomic E-state index is 5.31. The summed E-state index contributed by atoms with van der Waals surface area (Å²) >= 11 is 0. The molecule has 2 fully saturated rings. The molecular weight excluding hydrogens is 200 g/mol. The molecule has 0 amide bonds. The minimum absolute atomic E-state index is 0.218. The van der Waals surface area contributed by atoms with Gasteiger partial charge in [0.1, 0.15) is 0 Å². The maximum Gasteiger partial charge on any atom is 0.0641 e. The molecule has 2 aliphatic rings. The molecule has 0 aromatic heterocycles. The van der Waals surface area contributed by atoms with Crippen LogP contribution < -0.4 is 5.32 Å². The standard InChI is InChI=1S/C13H26N2O/c1-13(10-16-3)7-12(8-14-13)11-5-4-6-15(2)9-11/h11-12,14H,4-10H2,1-3H3. The first kappa shape index (κ1) is 12.3. The third-order valence-electron chi connectivity index (χ3n) is 4.29. The molecule has 0 aliphatic carbocycles. The lowest BCUT2D eigenvalue weighted by atomic mass is 9.82. The lowest BCUT2D eigenvalue weighted by Gasteiger charge is -2.33. The first-order valence-electron chi connectivity index (χ1n) is 6.55. The van der Waals surface area contributed by atoms with Crippen molar-refractivity contribution in [3.63, 3.8) is 0 Å². The number of nitrogens with zero attached hydrogens (tertiary/aromatic N) is 1. The zero-order valence-electron chi connectivity index (χ0n) is 11.0. The Labute approximate surface area is 99.5 Å². The summed E-state index contributed by atoms with van der Waals surface area (Å²) in [5.74, 6) is 1.74. The zero-order chi connectivity index (χ0) is 11.6. The lowest BCUT2D eigenvalue weighted by molar-refractivity contribution is 0.119. The second-order valence-corrected chi connectivity index (χ2v) is 6.00. The third-order valence-corrected chi connectivity index (χ3v) is 4.29. The summed E-state index contributed by atoms with van der Waals surface area (Å²) < 4.78 is 5.31. The average molecular weight is 226 g/mol. The summed E-state index contributed by atoms with van der Waals surface area (Å²) in [5, 5.41) is 3.65. The van der Waals surface area contributed by atoms with Gasteiger partial charge in [-0.05, 0) is 58.2 Å². The van der Waals surface area contributed by atoms with E-state index in [1.165, 1.54) is 38.9 Å². The molecule has 0 radical (unpaired) electrons. The van der Waals surface area contributed by atoms with Crippen LogP contribution in [0.15, 0.2) is 0 Å². The van der Waals surface area contributed by atoms with Gasteiger partial charge in [-0.3, -0.25) is 0 Å². The molecule has 2 rings (SSSR count). The van der Waals surface area contributed by atoms with Crippen LogP contribution in [0, 0.1) is 11.8 Å². The molecule has 2 saturated heterocycles. The Morgan fingerprint density at radius 3 is 2.94 bits per heavy atom. The van der Waals surface area contributed by atoms with Crippen LogP contribution in [0.2, 0.25) is 0 Å². The van der Waals surface area contributed by atoms with Gasteiger partial charge in [0.05, 0.1) is 6.61 Å². The summed E-state index contributed by atoms with van der Waals surface area (Å²) in [6.07, 6.45) is 4.07. The molecule has 3 heteroatoms. The van der Waals surface area contributed by atoms with Crippen molar-refractivity contribution in [2.75, 3.05) is 40.4 Å². The Morgan fingerprint density at radius 1 is 1.44 bits per heavy atom. The van der Waals surface area contributed by atoms with Crippen LogP contribution in [0.5, 0.6) is 0 Å². The summed E-state index contributed by atoms with van der Waals surface area (Å²) in [6.45, 7) is 6.88. The summed E-state index contributed by atoms with van der Waals surface area (Å²) in [5.41, 5.74) is 0.218. The van der Waals surface area contributed by atoms with Crippen molar-refractivity contribution in [1.29, 1.82) is 0 Å². The predicted molar refractivity (Wildman–Crippen MR) is 66.6 cm³/mol. The Kier molecular flexibility index (Phi) is 3.88. The summed E-state index contributed by atoms with van der Waals surface area (Å²) in [6, 6.07) is 0. The molecule has 94 valence electrons. The number of piperidine rings is 1. The van der Waals surface area contributed by atoms with Crippen molar-refractivity contribution >= 4 is 0 Å². The first-order valence-corrected chi connectivity index (χ1v) is 6.55. The molecule has 0 saturated carbocycles. The molecule has 3 atom stereocenters. The topological polar surface area (TPSA) is 24.5 Å². The summed E-state index contributed by atoms with van der Waals surface area (Å²) in [4.78, 5) is 2.49. The van der Waals surface area contributed by atoms with Crippen molar-refractivity contribution in [2.24, 2.45) is 11.8 Å². The maximum atomic E-state index is 5.31. The van der Waals surface area contributed by atoms with Crippen LogP contribution in [-0.2, 0) is 4.74 Å². The second-order valence-electron chi connectivity index (χ2n) is 6.00. The number of methoxy groups -OCH3 is 1. The Morgan fingerprint density at radius 2 is 2.25 bits per heavy atom. The minimum Gasteiger partial charge on any atom is -0.383 e. The van der Waals surface area contributed by atoms with E-state index < -0.39 is 0 Å². The molecule has 3 nitrogen and oxygen atoms in total. The van der Waals surface area contributed by atoms with Crippen LogP contribution in [0.3, 0.4) is 0 Å². The molecule has 3 unspecified atom stereocenters. The largest absolute Gasteiger partial charge is 0.383 e. The number of hydrogen-bond donors (Lipinski definition) is 1. The lowest BCUT2D eigenvalue weighted by Crippen LogP contribution is -2.40. The number of nitrogens with one attached hydrogen (secondary N) is 1. The van der Waals surface area contributed by atoms with E-state index in [1.807, 2.05) is 0 Å². The van der Waals surface area contributed by atoms with Gasteiger partial charge in [-0.25, -0.2) is 0 Å². The van der Waals surface area contributed by atoms with E-state index in [4.69, 9.17) is 4.74 Å². The van der Waals surface area contributed by atoms with Crippen LogP contribution in [-0.4, -0.2) is 50.8 Å². The average Bonchev–Trinajstić information content (AvgIpc) is 2.61. The van der Waals surface area contributed by atoms with Gasteiger partial charge in [-0.2, -0.15) is 0 Å². The molecule has 2 aliphatic heterocycles. The third kappa shape index (κ3) is 2.76. The van der Waals surface area contributed by atoms with E-state index >= 15 is 0 Å². The highest BCUT2D eigenvalue weighted by Gasteiger charge is 2.38.